The summed E-state index contributed by atoms with van der Waals surface area (Å²) in [6.07, 6.45) is 2.23. The predicted molar refractivity (Wildman–Crippen MR) is 81.4 cm³/mol. The van der Waals surface area contributed by atoms with E-state index in [9.17, 15) is 4.79 Å². The van der Waals surface area contributed by atoms with Crippen molar-refractivity contribution in [2.45, 2.75) is 12.8 Å². The molecule has 0 atom stereocenters. The van der Waals surface area contributed by atoms with Gasteiger partial charge in [0.25, 0.3) is 5.91 Å². The zero-order valence-electron chi connectivity index (χ0n) is 11.4. The van der Waals surface area contributed by atoms with Crippen LogP contribution in [0.2, 0.25) is 0 Å². The molecule has 1 heterocycles. The second kappa shape index (κ2) is 5.37. The molecule has 0 bridgehead atoms. The van der Waals surface area contributed by atoms with Crippen LogP contribution in [0.3, 0.4) is 0 Å². The fourth-order valence-electron chi connectivity index (χ4n) is 2.61. The normalized spacial score (nSPS) is 14.5. The van der Waals surface area contributed by atoms with E-state index in [0.717, 1.165) is 48.3 Å². The minimum atomic E-state index is 0.139. The number of nitrogen functional groups attached to an aromatic ring is 1. The Morgan fingerprint density at radius 3 is 2.35 bits per heavy atom. The maximum atomic E-state index is 12.4. The SMILES string of the molecule is Nc1ccc(-c2cccc(C(=O)N3CCCC3)c2)cc1. The minimum absolute atomic E-state index is 0.139. The van der Waals surface area contributed by atoms with Crippen LogP contribution in [0.25, 0.3) is 11.1 Å². The number of nitrogens with two attached hydrogens (primary N) is 1. The second-order valence-corrected chi connectivity index (χ2v) is 5.20. The summed E-state index contributed by atoms with van der Waals surface area (Å²) in [6.45, 7) is 1.76. The highest BCUT2D eigenvalue weighted by Gasteiger charge is 2.19. The molecule has 0 saturated carbocycles. The molecule has 20 heavy (non-hydrogen) atoms. The Morgan fingerprint density at radius 2 is 1.65 bits per heavy atom. The number of rotatable bonds is 2. The summed E-state index contributed by atoms with van der Waals surface area (Å²) < 4.78 is 0. The highest BCUT2D eigenvalue weighted by atomic mass is 16.2. The highest BCUT2D eigenvalue weighted by Crippen LogP contribution is 2.23. The van der Waals surface area contributed by atoms with Crippen LogP contribution >= 0.6 is 0 Å². The molecule has 3 heteroatoms. The summed E-state index contributed by atoms with van der Waals surface area (Å²) >= 11 is 0. The van der Waals surface area contributed by atoms with Gasteiger partial charge in [0.1, 0.15) is 0 Å². The zero-order valence-corrected chi connectivity index (χ0v) is 11.4. The molecular formula is C17H18N2O. The molecule has 1 fully saturated rings. The van der Waals surface area contributed by atoms with Crippen molar-refractivity contribution in [3.8, 4) is 11.1 Å². The Bertz CT molecular complexity index is 613. The van der Waals surface area contributed by atoms with Gasteiger partial charge in [0.2, 0.25) is 0 Å². The molecule has 3 nitrogen and oxygen atoms in total. The minimum Gasteiger partial charge on any atom is -0.399 e. The van der Waals surface area contributed by atoms with Crippen LogP contribution in [0.1, 0.15) is 23.2 Å². The molecule has 0 spiro atoms. The fraction of sp³-hybridized carbons (Fsp3) is 0.235. The number of amides is 1. The Labute approximate surface area is 119 Å². The van der Waals surface area contributed by atoms with Gasteiger partial charge in [-0.2, -0.15) is 0 Å². The maximum absolute atomic E-state index is 12.4. The summed E-state index contributed by atoms with van der Waals surface area (Å²) in [5.41, 5.74) is 9.35. The van der Waals surface area contributed by atoms with Gasteiger partial charge in [-0.05, 0) is 48.2 Å². The van der Waals surface area contributed by atoms with Crippen molar-refractivity contribution < 1.29 is 4.79 Å². The largest absolute Gasteiger partial charge is 0.399 e. The Balaban J connectivity index is 1.89. The first-order valence-electron chi connectivity index (χ1n) is 6.99. The first-order chi connectivity index (χ1) is 9.74. The topological polar surface area (TPSA) is 46.3 Å². The second-order valence-electron chi connectivity index (χ2n) is 5.20. The molecule has 0 aromatic heterocycles. The van der Waals surface area contributed by atoms with Crippen LogP contribution in [-0.2, 0) is 0 Å². The van der Waals surface area contributed by atoms with Gasteiger partial charge < -0.3 is 10.6 Å². The zero-order chi connectivity index (χ0) is 13.9. The number of carbonyl (C=O) groups is 1. The van der Waals surface area contributed by atoms with Crippen molar-refractivity contribution in [2.24, 2.45) is 0 Å². The lowest BCUT2D eigenvalue weighted by atomic mass is 10.0. The lowest BCUT2D eigenvalue weighted by Crippen LogP contribution is -2.27. The molecule has 1 aliphatic rings. The van der Waals surface area contributed by atoms with Gasteiger partial charge in [0.05, 0.1) is 0 Å². The molecular weight excluding hydrogens is 248 g/mol. The Hall–Kier alpha value is -2.29. The average molecular weight is 266 g/mol. The van der Waals surface area contributed by atoms with Crippen molar-refractivity contribution >= 4 is 11.6 Å². The molecule has 102 valence electrons. The third-order valence-electron chi connectivity index (χ3n) is 3.75. The van der Waals surface area contributed by atoms with Crippen molar-refractivity contribution in [3.05, 3.63) is 54.1 Å². The predicted octanol–water partition coefficient (Wildman–Crippen LogP) is 3.17. The van der Waals surface area contributed by atoms with Crippen LogP contribution in [0.4, 0.5) is 5.69 Å². The average Bonchev–Trinajstić information content (AvgIpc) is 3.01. The van der Waals surface area contributed by atoms with Crippen LogP contribution < -0.4 is 5.73 Å². The van der Waals surface area contributed by atoms with Gasteiger partial charge in [-0.1, -0.05) is 24.3 Å². The Kier molecular flexibility index (Phi) is 3.42. The smallest absolute Gasteiger partial charge is 0.253 e. The summed E-state index contributed by atoms with van der Waals surface area (Å²) in [5, 5.41) is 0. The molecule has 0 radical (unpaired) electrons. The molecule has 1 amide bonds. The standard InChI is InChI=1S/C17H18N2O/c18-16-8-6-13(7-9-16)14-4-3-5-15(12-14)17(20)19-10-1-2-11-19/h3-9,12H,1-2,10-11,18H2. The van der Waals surface area contributed by atoms with Crippen molar-refractivity contribution in [3.63, 3.8) is 0 Å². The maximum Gasteiger partial charge on any atom is 0.253 e. The molecule has 1 aliphatic heterocycles. The van der Waals surface area contributed by atoms with E-state index in [4.69, 9.17) is 5.73 Å². The van der Waals surface area contributed by atoms with Crippen LogP contribution in [-0.4, -0.2) is 23.9 Å². The summed E-state index contributed by atoms with van der Waals surface area (Å²) in [5.74, 6) is 0.139. The van der Waals surface area contributed by atoms with Gasteiger partial charge >= 0.3 is 0 Å². The van der Waals surface area contributed by atoms with Gasteiger partial charge in [0.15, 0.2) is 0 Å². The first kappa shape index (κ1) is 12.7. The monoisotopic (exact) mass is 266 g/mol. The molecule has 2 aromatic carbocycles. The number of benzene rings is 2. The van der Waals surface area contributed by atoms with Crippen LogP contribution in [0, 0.1) is 0 Å². The van der Waals surface area contributed by atoms with Gasteiger partial charge in [-0.3, -0.25) is 4.79 Å². The number of anilines is 1. The van der Waals surface area contributed by atoms with Crippen molar-refractivity contribution in [2.75, 3.05) is 18.8 Å². The molecule has 0 aliphatic carbocycles. The number of likely N-dealkylation sites (tertiary alicyclic amines) is 1. The van der Waals surface area contributed by atoms with E-state index >= 15 is 0 Å². The van der Waals surface area contributed by atoms with Crippen molar-refractivity contribution in [1.29, 1.82) is 0 Å². The molecule has 0 unspecified atom stereocenters. The number of hydrogen-bond donors (Lipinski definition) is 1. The molecule has 3 rings (SSSR count). The lowest BCUT2D eigenvalue weighted by molar-refractivity contribution is 0.0793. The summed E-state index contributed by atoms with van der Waals surface area (Å²) in [7, 11) is 0. The number of nitrogens with zero attached hydrogens (tertiary/aromatic N) is 1. The van der Waals surface area contributed by atoms with Crippen LogP contribution in [0.5, 0.6) is 0 Å². The van der Waals surface area contributed by atoms with E-state index in [2.05, 4.69) is 0 Å². The summed E-state index contributed by atoms with van der Waals surface area (Å²) in [4.78, 5) is 14.3. The van der Waals surface area contributed by atoms with E-state index < -0.39 is 0 Å². The molecule has 1 saturated heterocycles. The first-order valence-corrected chi connectivity index (χ1v) is 6.99. The van der Waals surface area contributed by atoms with E-state index in [1.54, 1.807) is 0 Å². The van der Waals surface area contributed by atoms with Gasteiger partial charge in [-0.25, -0.2) is 0 Å². The molecule has 2 N–H and O–H groups in total. The fourth-order valence-corrected chi connectivity index (χ4v) is 2.61. The van der Waals surface area contributed by atoms with E-state index in [1.807, 2.05) is 53.4 Å². The lowest BCUT2D eigenvalue weighted by Gasteiger charge is -2.15. The summed E-state index contributed by atoms with van der Waals surface area (Å²) in [6, 6.07) is 15.5. The van der Waals surface area contributed by atoms with E-state index in [-0.39, 0.29) is 5.91 Å². The van der Waals surface area contributed by atoms with Crippen molar-refractivity contribution in [1.82, 2.24) is 4.90 Å². The van der Waals surface area contributed by atoms with Gasteiger partial charge in [0, 0.05) is 24.3 Å². The molecule has 2 aromatic rings. The van der Waals surface area contributed by atoms with E-state index in [1.165, 1.54) is 0 Å². The van der Waals surface area contributed by atoms with Crippen LogP contribution in [0.15, 0.2) is 48.5 Å². The highest BCUT2D eigenvalue weighted by molar-refractivity contribution is 5.95. The third-order valence-corrected chi connectivity index (χ3v) is 3.75. The van der Waals surface area contributed by atoms with E-state index in [0.29, 0.717) is 0 Å². The Morgan fingerprint density at radius 1 is 0.950 bits per heavy atom. The number of hydrogen-bond acceptors (Lipinski definition) is 2. The number of carbonyl (C=O) groups excluding carboxylic acids is 1. The third kappa shape index (κ3) is 2.52. The quantitative estimate of drug-likeness (QED) is 0.849. The van der Waals surface area contributed by atoms with Gasteiger partial charge in [-0.15, -0.1) is 0 Å².